The van der Waals surface area contributed by atoms with E-state index in [1.807, 2.05) is 36.4 Å². The molecule has 0 radical (unpaired) electrons. The Bertz CT molecular complexity index is 1260. The molecule has 1 aliphatic rings. The normalized spacial score (nSPS) is 20.2. The molecule has 0 unspecified atom stereocenters. The van der Waals surface area contributed by atoms with Gasteiger partial charge in [-0.05, 0) is 44.8 Å². The summed E-state index contributed by atoms with van der Waals surface area (Å²) in [5.41, 5.74) is 1.48. The second-order valence-electron chi connectivity index (χ2n) is 6.82. The van der Waals surface area contributed by atoms with Gasteiger partial charge in [0.2, 0.25) is 0 Å². The molecule has 4 rings (SSSR count). The molecule has 3 aromatic rings. The maximum atomic E-state index is 11.7. The van der Waals surface area contributed by atoms with Gasteiger partial charge in [-0.1, -0.05) is 36.4 Å². The molecule has 0 amide bonds. The molecule has 1 aliphatic carbocycles. The number of hydrogen-bond donors (Lipinski definition) is 0. The van der Waals surface area contributed by atoms with Crippen LogP contribution in [0, 0.1) is 0 Å². The molecule has 0 N–H and O–H groups in total. The van der Waals surface area contributed by atoms with Crippen molar-refractivity contribution in [2.45, 2.75) is 18.6 Å². The Balaban J connectivity index is 1.90. The molecule has 0 fully saturated rings. The number of hydrogen-bond acceptors (Lipinski definition) is 6. The first-order valence-corrected chi connectivity index (χ1v) is 11.9. The average Bonchev–Trinajstić information content (AvgIpc) is 2.87. The molecule has 6 nitrogen and oxygen atoms in total. The zero-order chi connectivity index (χ0) is 19.4. The van der Waals surface area contributed by atoms with Crippen LogP contribution in [-0.4, -0.2) is 35.5 Å². The smallest absolute Gasteiger partial charge is 0.263 e. The Morgan fingerprint density at radius 3 is 2.07 bits per heavy atom. The lowest BCUT2D eigenvalue weighted by molar-refractivity contribution is 0.0780. The van der Waals surface area contributed by atoms with Crippen molar-refractivity contribution in [1.82, 2.24) is 0 Å². The predicted molar refractivity (Wildman–Crippen MR) is 104 cm³/mol. The summed E-state index contributed by atoms with van der Waals surface area (Å²) in [5, 5.41) is 4.07. The number of fused-ring (bicyclic) bond motifs is 4. The minimum Gasteiger partial charge on any atom is -0.263 e. The van der Waals surface area contributed by atoms with Crippen molar-refractivity contribution in [3.05, 3.63) is 59.7 Å². The van der Waals surface area contributed by atoms with Gasteiger partial charge in [0.1, 0.15) is 12.2 Å². The first kappa shape index (κ1) is 18.4. The van der Waals surface area contributed by atoms with Crippen LogP contribution in [0.3, 0.4) is 0 Å². The summed E-state index contributed by atoms with van der Waals surface area (Å²) in [5.74, 6) is 0. The summed E-state index contributed by atoms with van der Waals surface area (Å²) in [6.45, 7) is 0. The first-order chi connectivity index (χ1) is 12.6. The predicted octanol–water partition coefficient (Wildman–Crippen LogP) is 2.91. The van der Waals surface area contributed by atoms with E-state index in [1.165, 1.54) is 0 Å². The third-order valence-electron chi connectivity index (χ3n) is 4.66. The van der Waals surface area contributed by atoms with Gasteiger partial charge in [0, 0.05) is 6.42 Å². The summed E-state index contributed by atoms with van der Waals surface area (Å²) in [7, 11) is -7.58. The van der Waals surface area contributed by atoms with Gasteiger partial charge in [-0.3, -0.25) is 8.37 Å². The summed E-state index contributed by atoms with van der Waals surface area (Å²) in [6, 6.07) is 15.7. The Hall–Kier alpha value is -2.00. The molecule has 3 aromatic carbocycles. The average molecular weight is 406 g/mol. The van der Waals surface area contributed by atoms with E-state index >= 15 is 0 Å². The first-order valence-electron chi connectivity index (χ1n) is 8.31. The van der Waals surface area contributed by atoms with E-state index in [2.05, 4.69) is 6.07 Å². The fourth-order valence-electron chi connectivity index (χ4n) is 3.71. The fraction of sp³-hybridized carbons (Fsp3) is 0.263. The van der Waals surface area contributed by atoms with Gasteiger partial charge in [-0.2, -0.15) is 16.8 Å². The van der Waals surface area contributed by atoms with E-state index < -0.39 is 32.4 Å². The molecule has 0 saturated carbocycles. The second-order valence-corrected chi connectivity index (χ2v) is 10.0. The van der Waals surface area contributed by atoms with Crippen LogP contribution in [-0.2, 0) is 35.0 Å². The van der Waals surface area contributed by atoms with E-state index in [0.717, 1.165) is 39.6 Å². The SMILES string of the molecule is CS(=O)(=O)O[C@@H]1Cc2c(ccc3cc4ccccc4cc23)[C@@H]1OS(C)(=O)=O. The zero-order valence-electron chi connectivity index (χ0n) is 14.7. The lowest BCUT2D eigenvalue weighted by atomic mass is 9.97. The zero-order valence-corrected chi connectivity index (χ0v) is 16.4. The minimum absolute atomic E-state index is 0.248. The highest BCUT2D eigenvalue weighted by Crippen LogP contribution is 2.42. The number of benzene rings is 3. The standard InChI is InChI=1S/C19H18O6S2/c1-26(20,21)24-18-11-17-15(19(18)25-27(2,22)23)8-7-14-9-12-5-3-4-6-13(12)10-16(14)17/h3-10,18-19H,11H2,1-2H3/t18-,19+/m1/s1. The summed E-state index contributed by atoms with van der Waals surface area (Å²) in [4.78, 5) is 0. The van der Waals surface area contributed by atoms with Gasteiger partial charge in [-0.25, -0.2) is 0 Å². The van der Waals surface area contributed by atoms with Crippen molar-refractivity contribution in [3.8, 4) is 0 Å². The third kappa shape index (κ3) is 3.70. The molecule has 27 heavy (non-hydrogen) atoms. The molecule has 0 aromatic heterocycles. The van der Waals surface area contributed by atoms with Crippen molar-refractivity contribution in [2.75, 3.05) is 12.5 Å². The Morgan fingerprint density at radius 2 is 1.44 bits per heavy atom. The van der Waals surface area contributed by atoms with Crippen LogP contribution in [0.15, 0.2) is 48.5 Å². The molecular weight excluding hydrogens is 388 g/mol. The van der Waals surface area contributed by atoms with Crippen molar-refractivity contribution < 1.29 is 25.2 Å². The molecule has 0 saturated heterocycles. The van der Waals surface area contributed by atoms with Crippen LogP contribution in [0.2, 0.25) is 0 Å². The van der Waals surface area contributed by atoms with E-state index in [1.54, 1.807) is 6.07 Å². The Morgan fingerprint density at radius 1 is 0.815 bits per heavy atom. The van der Waals surface area contributed by atoms with Gasteiger partial charge in [0.05, 0.1) is 12.5 Å². The maximum absolute atomic E-state index is 11.7. The molecule has 142 valence electrons. The summed E-state index contributed by atoms with van der Waals surface area (Å²) < 4.78 is 57.1. The van der Waals surface area contributed by atoms with Gasteiger partial charge in [0.25, 0.3) is 20.2 Å². The van der Waals surface area contributed by atoms with Crippen molar-refractivity contribution in [2.24, 2.45) is 0 Å². The minimum atomic E-state index is -3.80. The monoisotopic (exact) mass is 406 g/mol. The van der Waals surface area contributed by atoms with Crippen LogP contribution in [0.4, 0.5) is 0 Å². The van der Waals surface area contributed by atoms with Crippen molar-refractivity contribution in [3.63, 3.8) is 0 Å². The molecule has 0 spiro atoms. The second kappa shape index (κ2) is 6.27. The molecule has 0 aliphatic heterocycles. The summed E-state index contributed by atoms with van der Waals surface area (Å²) in [6.07, 6.45) is 0.205. The van der Waals surface area contributed by atoms with E-state index in [0.29, 0.717) is 5.56 Å². The lowest BCUT2D eigenvalue weighted by Crippen LogP contribution is -2.25. The maximum Gasteiger partial charge on any atom is 0.265 e. The Labute approximate surface area is 158 Å². The molecule has 0 heterocycles. The Kier molecular flexibility index (Phi) is 4.27. The van der Waals surface area contributed by atoms with Crippen LogP contribution in [0.25, 0.3) is 21.5 Å². The van der Waals surface area contributed by atoms with Crippen molar-refractivity contribution in [1.29, 1.82) is 0 Å². The highest BCUT2D eigenvalue weighted by Gasteiger charge is 2.39. The van der Waals surface area contributed by atoms with Gasteiger partial charge in [-0.15, -0.1) is 0 Å². The molecule has 8 heteroatoms. The van der Waals surface area contributed by atoms with Crippen LogP contribution in [0.5, 0.6) is 0 Å². The fourth-order valence-corrected chi connectivity index (χ4v) is 4.93. The van der Waals surface area contributed by atoms with E-state index in [9.17, 15) is 16.8 Å². The number of rotatable bonds is 4. The van der Waals surface area contributed by atoms with E-state index in [4.69, 9.17) is 8.37 Å². The van der Waals surface area contributed by atoms with Crippen LogP contribution < -0.4 is 0 Å². The van der Waals surface area contributed by atoms with E-state index in [-0.39, 0.29) is 6.42 Å². The van der Waals surface area contributed by atoms with Crippen LogP contribution in [0.1, 0.15) is 17.2 Å². The summed E-state index contributed by atoms with van der Waals surface area (Å²) >= 11 is 0. The quantitative estimate of drug-likeness (QED) is 0.489. The molecule has 0 bridgehead atoms. The van der Waals surface area contributed by atoms with Gasteiger partial charge in [0.15, 0.2) is 0 Å². The third-order valence-corrected chi connectivity index (χ3v) is 5.81. The van der Waals surface area contributed by atoms with Crippen molar-refractivity contribution >= 4 is 41.8 Å². The topological polar surface area (TPSA) is 86.7 Å². The van der Waals surface area contributed by atoms with Gasteiger partial charge < -0.3 is 0 Å². The van der Waals surface area contributed by atoms with Gasteiger partial charge >= 0.3 is 0 Å². The molecular formula is C19H18O6S2. The molecule has 2 atom stereocenters. The lowest BCUT2D eigenvalue weighted by Gasteiger charge is -2.18. The highest BCUT2D eigenvalue weighted by atomic mass is 32.2. The van der Waals surface area contributed by atoms with Crippen LogP contribution >= 0.6 is 0 Å². The highest BCUT2D eigenvalue weighted by molar-refractivity contribution is 7.86. The largest absolute Gasteiger partial charge is 0.265 e.